The molecule has 29 heavy (non-hydrogen) atoms. The smallest absolute Gasteiger partial charge is 0.256 e. The number of hydrogen-bond acceptors (Lipinski definition) is 4. The van der Waals surface area contributed by atoms with E-state index in [0.717, 1.165) is 30.6 Å². The SMILES string of the molecule is CC(C)c1ccc(CN2CCC[C@@](O)(CN(C)CCc3ccccn3)C2=O)cc1. The van der Waals surface area contributed by atoms with E-state index in [2.05, 4.69) is 43.1 Å². The van der Waals surface area contributed by atoms with Crippen molar-refractivity contribution in [3.05, 3.63) is 65.5 Å². The number of rotatable bonds is 8. The third-order valence-corrected chi connectivity index (χ3v) is 5.73. The van der Waals surface area contributed by atoms with E-state index in [4.69, 9.17) is 0 Å². The van der Waals surface area contributed by atoms with Crippen LogP contribution >= 0.6 is 0 Å². The molecule has 1 aromatic carbocycles. The molecule has 0 saturated carbocycles. The molecule has 2 aromatic rings. The van der Waals surface area contributed by atoms with E-state index in [1.54, 1.807) is 11.1 Å². The Bertz CT molecular complexity index is 792. The van der Waals surface area contributed by atoms with Gasteiger partial charge in [0.15, 0.2) is 5.60 Å². The molecule has 0 bridgehead atoms. The Morgan fingerprint density at radius 1 is 1.21 bits per heavy atom. The zero-order valence-corrected chi connectivity index (χ0v) is 17.8. The molecule has 0 radical (unpaired) electrons. The summed E-state index contributed by atoms with van der Waals surface area (Å²) in [6, 6.07) is 14.3. The van der Waals surface area contributed by atoms with Gasteiger partial charge in [-0.2, -0.15) is 0 Å². The molecule has 1 aromatic heterocycles. The number of carbonyl (C=O) groups is 1. The number of piperidine rings is 1. The fraction of sp³-hybridized carbons (Fsp3) is 0.500. The number of likely N-dealkylation sites (N-methyl/N-ethyl adjacent to an activating group) is 1. The molecule has 1 amide bonds. The van der Waals surface area contributed by atoms with E-state index in [1.165, 1.54) is 5.56 Å². The van der Waals surface area contributed by atoms with Crippen LogP contribution in [0, 0.1) is 0 Å². The third-order valence-electron chi connectivity index (χ3n) is 5.73. The minimum atomic E-state index is -1.31. The molecule has 0 spiro atoms. The molecular weight excluding hydrogens is 362 g/mol. The predicted molar refractivity (Wildman–Crippen MR) is 116 cm³/mol. The van der Waals surface area contributed by atoms with E-state index in [1.807, 2.05) is 30.1 Å². The highest BCUT2D eigenvalue weighted by Crippen LogP contribution is 2.25. The molecule has 156 valence electrons. The van der Waals surface area contributed by atoms with E-state index >= 15 is 0 Å². The predicted octanol–water partition coefficient (Wildman–Crippen LogP) is 3.23. The average molecular weight is 396 g/mol. The van der Waals surface area contributed by atoms with Gasteiger partial charge in [-0.15, -0.1) is 0 Å². The summed E-state index contributed by atoms with van der Waals surface area (Å²) in [7, 11) is 1.96. The number of nitrogens with zero attached hydrogens (tertiary/aromatic N) is 3. The number of aliphatic hydroxyl groups is 1. The average Bonchev–Trinajstić information content (AvgIpc) is 2.71. The van der Waals surface area contributed by atoms with Crippen molar-refractivity contribution < 1.29 is 9.90 Å². The van der Waals surface area contributed by atoms with Gasteiger partial charge in [0.25, 0.3) is 5.91 Å². The van der Waals surface area contributed by atoms with Crippen LogP contribution in [0.15, 0.2) is 48.7 Å². The molecule has 0 aliphatic carbocycles. The Kier molecular flexibility index (Phi) is 7.04. The minimum absolute atomic E-state index is 0.152. The molecule has 1 fully saturated rings. The first-order valence-corrected chi connectivity index (χ1v) is 10.6. The molecule has 5 heteroatoms. The van der Waals surface area contributed by atoms with Crippen molar-refractivity contribution in [3.8, 4) is 0 Å². The van der Waals surface area contributed by atoms with Gasteiger partial charge in [-0.1, -0.05) is 44.2 Å². The van der Waals surface area contributed by atoms with Gasteiger partial charge in [-0.25, -0.2) is 0 Å². The molecule has 1 N–H and O–H groups in total. The summed E-state index contributed by atoms with van der Waals surface area (Å²) in [5.74, 6) is 0.341. The number of likely N-dealkylation sites (tertiary alicyclic amines) is 1. The number of benzene rings is 1. The number of hydrogen-bond donors (Lipinski definition) is 1. The van der Waals surface area contributed by atoms with Crippen LogP contribution in [-0.4, -0.2) is 58.1 Å². The van der Waals surface area contributed by atoms with Crippen LogP contribution in [0.5, 0.6) is 0 Å². The maximum Gasteiger partial charge on any atom is 0.256 e. The zero-order chi connectivity index (χ0) is 20.9. The molecule has 0 unspecified atom stereocenters. The van der Waals surface area contributed by atoms with Gasteiger partial charge >= 0.3 is 0 Å². The Morgan fingerprint density at radius 3 is 2.62 bits per heavy atom. The first kappa shape index (κ1) is 21.5. The summed E-state index contributed by atoms with van der Waals surface area (Å²) in [6.45, 7) is 6.70. The van der Waals surface area contributed by atoms with Gasteiger partial charge in [0.1, 0.15) is 0 Å². The van der Waals surface area contributed by atoms with E-state index in [-0.39, 0.29) is 5.91 Å². The minimum Gasteiger partial charge on any atom is -0.379 e. The maximum absolute atomic E-state index is 13.1. The lowest BCUT2D eigenvalue weighted by molar-refractivity contribution is -0.159. The normalized spacial score (nSPS) is 19.9. The molecular formula is C24H33N3O2. The number of aromatic nitrogens is 1. The fourth-order valence-corrected chi connectivity index (χ4v) is 3.97. The Balaban J connectivity index is 1.58. The quantitative estimate of drug-likeness (QED) is 0.746. The highest BCUT2D eigenvalue weighted by molar-refractivity contribution is 5.86. The van der Waals surface area contributed by atoms with Crippen molar-refractivity contribution in [1.82, 2.24) is 14.8 Å². The zero-order valence-electron chi connectivity index (χ0n) is 17.8. The fourth-order valence-electron chi connectivity index (χ4n) is 3.97. The van der Waals surface area contributed by atoms with Crippen LogP contribution in [0.3, 0.4) is 0 Å². The Labute approximate surface area is 174 Å². The van der Waals surface area contributed by atoms with Crippen molar-refractivity contribution in [2.24, 2.45) is 0 Å². The standard InChI is InChI=1S/C24H33N3O2/c1-19(2)21-10-8-20(9-11-21)17-27-15-6-13-24(29,23(27)28)18-26(3)16-12-22-7-4-5-14-25-22/h4-5,7-11,14,19,29H,6,12-13,15-18H2,1-3H3/t24-/m1/s1. The summed E-state index contributed by atoms with van der Waals surface area (Å²) < 4.78 is 0. The van der Waals surface area contributed by atoms with Crippen molar-refractivity contribution in [3.63, 3.8) is 0 Å². The van der Waals surface area contributed by atoms with Gasteiger partial charge in [-0.05, 0) is 49.1 Å². The second kappa shape index (κ2) is 9.51. The summed E-state index contributed by atoms with van der Waals surface area (Å²) in [4.78, 5) is 21.3. The summed E-state index contributed by atoms with van der Waals surface area (Å²) in [5.41, 5.74) is 2.11. The van der Waals surface area contributed by atoms with Crippen molar-refractivity contribution in [2.45, 2.75) is 51.2 Å². The largest absolute Gasteiger partial charge is 0.379 e. The van der Waals surface area contributed by atoms with Crippen molar-refractivity contribution in [1.29, 1.82) is 0 Å². The number of amides is 1. The second-order valence-electron chi connectivity index (χ2n) is 8.57. The van der Waals surface area contributed by atoms with Crippen LogP contribution in [0.25, 0.3) is 0 Å². The van der Waals surface area contributed by atoms with Crippen LogP contribution in [-0.2, 0) is 17.8 Å². The molecule has 1 aliphatic rings. The first-order valence-electron chi connectivity index (χ1n) is 10.6. The topological polar surface area (TPSA) is 56.7 Å². The van der Waals surface area contributed by atoms with E-state index < -0.39 is 5.60 Å². The molecule has 2 heterocycles. The maximum atomic E-state index is 13.1. The Hall–Kier alpha value is -2.24. The summed E-state index contributed by atoms with van der Waals surface area (Å²) in [5, 5.41) is 11.1. The molecule has 1 aliphatic heterocycles. The van der Waals surface area contributed by atoms with Gasteiger partial charge < -0.3 is 14.9 Å². The number of carbonyl (C=O) groups excluding carboxylic acids is 1. The van der Waals surface area contributed by atoms with Crippen LogP contribution in [0.4, 0.5) is 0 Å². The van der Waals surface area contributed by atoms with Crippen LogP contribution in [0.1, 0.15) is 49.4 Å². The number of pyridine rings is 1. The molecule has 5 nitrogen and oxygen atoms in total. The lowest BCUT2D eigenvalue weighted by Crippen LogP contribution is -2.58. The van der Waals surface area contributed by atoms with E-state index in [9.17, 15) is 9.90 Å². The van der Waals surface area contributed by atoms with Gasteiger partial charge in [0.05, 0.1) is 0 Å². The van der Waals surface area contributed by atoms with Crippen LogP contribution < -0.4 is 0 Å². The lowest BCUT2D eigenvalue weighted by Gasteiger charge is -2.40. The van der Waals surface area contributed by atoms with Crippen molar-refractivity contribution >= 4 is 5.91 Å². The van der Waals surface area contributed by atoms with Crippen LogP contribution in [0.2, 0.25) is 0 Å². The summed E-state index contributed by atoms with van der Waals surface area (Å²) in [6.07, 6.45) is 3.93. The monoisotopic (exact) mass is 395 g/mol. The molecule has 1 atom stereocenters. The third kappa shape index (κ3) is 5.64. The van der Waals surface area contributed by atoms with E-state index in [0.29, 0.717) is 32.0 Å². The molecule has 1 saturated heterocycles. The first-order chi connectivity index (χ1) is 13.9. The van der Waals surface area contributed by atoms with Crippen molar-refractivity contribution in [2.75, 3.05) is 26.7 Å². The van der Waals surface area contributed by atoms with Gasteiger partial charge in [0, 0.05) is 44.5 Å². The highest BCUT2D eigenvalue weighted by Gasteiger charge is 2.42. The lowest BCUT2D eigenvalue weighted by atomic mass is 9.90. The summed E-state index contributed by atoms with van der Waals surface area (Å²) >= 11 is 0. The second-order valence-corrected chi connectivity index (χ2v) is 8.57. The Morgan fingerprint density at radius 2 is 1.97 bits per heavy atom. The highest BCUT2D eigenvalue weighted by atomic mass is 16.3. The van der Waals surface area contributed by atoms with Gasteiger partial charge in [-0.3, -0.25) is 9.78 Å². The molecule has 3 rings (SSSR count). The van der Waals surface area contributed by atoms with Gasteiger partial charge in [0.2, 0.25) is 0 Å².